The third-order valence-corrected chi connectivity index (χ3v) is 2.64. The summed E-state index contributed by atoms with van der Waals surface area (Å²) in [6, 6.07) is 5.14. The molecule has 0 radical (unpaired) electrons. The Morgan fingerprint density at radius 3 is 3.11 bits per heavy atom. The first kappa shape index (κ1) is 13.0. The van der Waals surface area contributed by atoms with Crippen molar-refractivity contribution in [2.24, 2.45) is 0 Å². The highest BCUT2D eigenvalue weighted by molar-refractivity contribution is 5.85. The van der Waals surface area contributed by atoms with Gasteiger partial charge in [0.25, 0.3) is 0 Å². The zero-order valence-electron chi connectivity index (χ0n) is 10.9. The van der Waals surface area contributed by atoms with Crippen LogP contribution in [0.5, 0.6) is 0 Å². The van der Waals surface area contributed by atoms with Crippen molar-refractivity contribution in [3.63, 3.8) is 0 Å². The molecular weight excluding hydrogens is 242 g/mol. The fourth-order valence-electron chi connectivity index (χ4n) is 1.74. The molecule has 0 fully saturated rings. The number of aromatic nitrogens is 1. The van der Waals surface area contributed by atoms with Gasteiger partial charge in [0.1, 0.15) is 11.6 Å². The lowest BCUT2D eigenvalue weighted by Crippen LogP contribution is -2.37. The van der Waals surface area contributed by atoms with E-state index in [9.17, 15) is 4.79 Å². The number of nitrogens with one attached hydrogen (secondary N) is 2. The highest BCUT2D eigenvalue weighted by Crippen LogP contribution is 2.20. The van der Waals surface area contributed by atoms with E-state index in [2.05, 4.69) is 21.5 Å². The smallest absolute Gasteiger partial charge is 0.242 e. The minimum absolute atomic E-state index is 0.144. The lowest BCUT2D eigenvalue weighted by molar-refractivity contribution is -0.121. The van der Waals surface area contributed by atoms with Gasteiger partial charge in [-0.25, -0.2) is 4.98 Å². The number of amides is 1. The van der Waals surface area contributed by atoms with E-state index in [-0.39, 0.29) is 18.5 Å². The van der Waals surface area contributed by atoms with E-state index < -0.39 is 0 Å². The molecule has 98 valence electrons. The van der Waals surface area contributed by atoms with E-state index in [1.807, 2.05) is 18.2 Å². The second-order valence-corrected chi connectivity index (χ2v) is 4.20. The minimum atomic E-state index is -0.376. The van der Waals surface area contributed by atoms with Crippen LogP contribution in [0, 0.1) is 19.3 Å². The first-order valence-corrected chi connectivity index (χ1v) is 5.95. The van der Waals surface area contributed by atoms with Gasteiger partial charge in [-0.3, -0.25) is 4.79 Å². The van der Waals surface area contributed by atoms with Crippen molar-refractivity contribution in [2.75, 3.05) is 11.9 Å². The lowest BCUT2D eigenvalue weighted by Gasteiger charge is -2.14. The average molecular weight is 257 g/mol. The van der Waals surface area contributed by atoms with Gasteiger partial charge in [0.15, 0.2) is 11.5 Å². The van der Waals surface area contributed by atoms with E-state index >= 15 is 0 Å². The number of carbonyl (C=O) groups excluding carboxylic acids is 1. The number of fused-ring (bicyclic) bond motifs is 1. The van der Waals surface area contributed by atoms with E-state index in [0.717, 1.165) is 16.8 Å². The van der Waals surface area contributed by atoms with Crippen LogP contribution in [0.3, 0.4) is 0 Å². The number of aryl methyl sites for hydroxylation is 1. The van der Waals surface area contributed by atoms with E-state index in [1.165, 1.54) is 0 Å². The fourth-order valence-corrected chi connectivity index (χ4v) is 1.74. The Balaban J connectivity index is 2.08. The van der Waals surface area contributed by atoms with Gasteiger partial charge in [-0.2, -0.15) is 0 Å². The van der Waals surface area contributed by atoms with Gasteiger partial charge in [0.05, 0.1) is 6.54 Å². The zero-order valence-corrected chi connectivity index (χ0v) is 10.9. The van der Waals surface area contributed by atoms with Gasteiger partial charge in [-0.05, 0) is 25.1 Å². The van der Waals surface area contributed by atoms with Gasteiger partial charge in [-0.1, -0.05) is 5.92 Å². The third kappa shape index (κ3) is 3.05. The topological polar surface area (TPSA) is 67.2 Å². The van der Waals surface area contributed by atoms with E-state index in [0.29, 0.717) is 5.89 Å². The molecule has 0 saturated carbocycles. The predicted octanol–water partition coefficient (Wildman–Crippen LogP) is 1.69. The molecular formula is C14H15N3O2. The number of carbonyl (C=O) groups is 1. The second-order valence-electron chi connectivity index (χ2n) is 4.20. The Bertz CT molecular complexity index is 640. The number of terminal acetylenes is 1. The number of oxazole rings is 1. The molecule has 1 heterocycles. The van der Waals surface area contributed by atoms with Crippen LogP contribution in [-0.2, 0) is 4.79 Å². The largest absolute Gasteiger partial charge is 0.441 e. The molecule has 5 heteroatoms. The monoisotopic (exact) mass is 257 g/mol. The summed E-state index contributed by atoms with van der Waals surface area (Å²) in [5, 5.41) is 5.71. The van der Waals surface area contributed by atoms with Crippen LogP contribution in [0.1, 0.15) is 12.8 Å². The molecule has 2 aromatic rings. The molecule has 19 heavy (non-hydrogen) atoms. The van der Waals surface area contributed by atoms with Gasteiger partial charge in [0.2, 0.25) is 5.91 Å². The average Bonchev–Trinajstić information content (AvgIpc) is 2.75. The summed E-state index contributed by atoms with van der Waals surface area (Å²) in [6.07, 6.45) is 5.09. The molecule has 5 nitrogen and oxygen atoms in total. The van der Waals surface area contributed by atoms with Crippen LogP contribution >= 0.6 is 0 Å². The molecule has 0 bridgehead atoms. The third-order valence-electron chi connectivity index (χ3n) is 2.64. The Morgan fingerprint density at radius 2 is 2.37 bits per heavy atom. The highest BCUT2D eigenvalue weighted by atomic mass is 16.3. The van der Waals surface area contributed by atoms with Crippen molar-refractivity contribution in [1.29, 1.82) is 0 Å². The minimum Gasteiger partial charge on any atom is -0.441 e. The van der Waals surface area contributed by atoms with Crippen molar-refractivity contribution in [1.82, 2.24) is 10.3 Å². The van der Waals surface area contributed by atoms with Crippen molar-refractivity contribution in [3.8, 4) is 12.3 Å². The summed E-state index contributed by atoms with van der Waals surface area (Å²) in [4.78, 5) is 15.9. The fraction of sp³-hybridized carbons (Fsp3) is 0.286. The predicted molar refractivity (Wildman–Crippen MR) is 73.7 cm³/mol. The molecule has 0 aliphatic heterocycles. The molecule has 1 unspecified atom stereocenters. The highest BCUT2D eigenvalue weighted by Gasteiger charge is 2.12. The van der Waals surface area contributed by atoms with Gasteiger partial charge in [0, 0.05) is 12.6 Å². The standard InChI is InChI=1S/C14H15N3O2/c1-4-7-15-14(18)9(2)16-11-5-6-13-12(8-11)17-10(3)19-13/h1,5-6,8-9,16H,7H2,2-3H3,(H,15,18). The van der Waals surface area contributed by atoms with Crippen molar-refractivity contribution in [2.45, 2.75) is 19.9 Å². The summed E-state index contributed by atoms with van der Waals surface area (Å²) in [7, 11) is 0. The Morgan fingerprint density at radius 1 is 1.58 bits per heavy atom. The number of nitrogens with zero attached hydrogens (tertiary/aromatic N) is 1. The van der Waals surface area contributed by atoms with Gasteiger partial charge < -0.3 is 15.1 Å². The normalized spacial score (nSPS) is 11.8. The first-order chi connectivity index (χ1) is 9.10. The molecule has 0 aliphatic rings. The SMILES string of the molecule is C#CCNC(=O)C(C)Nc1ccc2oc(C)nc2c1. The zero-order chi connectivity index (χ0) is 13.8. The first-order valence-electron chi connectivity index (χ1n) is 5.95. The maximum atomic E-state index is 11.7. The molecule has 1 atom stereocenters. The molecule has 2 rings (SSSR count). The molecule has 1 aromatic heterocycles. The summed E-state index contributed by atoms with van der Waals surface area (Å²) < 4.78 is 5.39. The van der Waals surface area contributed by atoms with E-state index in [4.69, 9.17) is 10.8 Å². The number of benzene rings is 1. The molecule has 0 aliphatic carbocycles. The van der Waals surface area contributed by atoms with Crippen LogP contribution in [0.4, 0.5) is 5.69 Å². The van der Waals surface area contributed by atoms with Gasteiger partial charge >= 0.3 is 0 Å². The van der Waals surface area contributed by atoms with Crippen molar-refractivity contribution in [3.05, 3.63) is 24.1 Å². The Labute approximate surface area is 111 Å². The second kappa shape index (κ2) is 5.44. The van der Waals surface area contributed by atoms with Crippen molar-refractivity contribution < 1.29 is 9.21 Å². The maximum absolute atomic E-state index is 11.7. The van der Waals surface area contributed by atoms with Crippen LogP contribution in [-0.4, -0.2) is 23.5 Å². The summed E-state index contributed by atoms with van der Waals surface area (Å²) in [6.45, 7) is 3.79. The number of hydrogen-bond donors (Lipinski definition) is 2. The van der Waals surface area contributed by atoms with Crippen LogP contribution in [0.25, 0.3) is 11.1 Å². The number of anilines is 1. The summed E-state index contributed by atoms with van der Waals surface area (Å²) in [5.74, 6) is 2.84. The summed E-state index contributed by atoms with van der Waals surface area (Å²) >= 11 is 0. The molecule has 0 saturated heterocycles. The van der Waals surface area contributed by atoms with E-state index in [1.54, 1.807) is 13.8 Å². The van der Waals surface area contributed by atoms with Crippen molar-refractivity contribution >= 4 is 22.7 Å². The Hall–Kier alpha value is -2.48. The lowest BCUT2D eigenvalue weighted by atomic mass is 10.2. The van der Waals surface area contributed by atoms with Gasteiger partial charge in [-0.15, -0.1) is 6.42 Å². The summed E-state index contributed by atoms with van der Waals surface area (Å²) in [5.41, 5.74) is 2.30. The number of hydrogen-bond acceptors (Lipinski definition) is 4. The molecule has 2 N–H and O–H groups in total. The maximum Gasteiger partial charge on any atom is 0.242 e. The molecule has 1 amide bonds. The van der Waals surface area contributed by atoms with Crippen LogP contribution < -0.4 is 10.6 Å². The number of rotatable bonds is 4. The van der Waals surface area contributed by atoms with Crippen LogP contribution in [0.15, 0.2) is 22.6 Å². The quantitative estimate of drug-likeness (QED) is 0.818. The molecule has 1 aromatic carbocycles. The Kier molecular flexibility index (Phi) is 3.71. The molecule has 0 spiro atoms. The van der Waals surface area contributed by atoms with Crippen LogP contribution in [0.2, 0.25) is 0 Å².